The molecule has 0 aliphatic carbocycles. The van der Waals surface area contributed by atoms with E-state index in [-0.39, 0.29) is 12.3 Å². The van der Waals surface area contributed by atoms with Crippen molar-refractivity contribution in [2.24, 2.45) is 0 Å². The normalized spacial score (nSPS) is 10.6. The van der Waals surface area contributed by atoms with Gasteiger partial charge in [0.15, 0.2) is 0 Å². The van der Waals surface area contributed by atoms with E-state index in [2.05, 4.69) is 0 Å². The fraction of sp³-hybridized carbons (Fsp3) is 0.364. The van der Waals surface area contributed by atoms with Crippen molar-refractivity contribution >= 4 is 11.7 Å². The van der Waals surface area contributed by atoms with E-state index in [1.807, 2.05) is 0 Å². The maximum absolute atomic E-state index is 13.3. The first-order chi connectivity index (χ1) is 7.91. The number of anilines is 1. The molecule has 0 aliphatic rings. The number of nitrogens with zero attached hydrogens (tertiary/aromatic N) is 1. The van der Waals surface area contributed by atoms with Crippen LogP contribution in [0, 0.1) is 11.6 Å². The molecule has 4 nitrogen and oxygen atoms in total. The summed E-state index contributed by atoms with van der Waals surface area (Å²) in [7, 11) is 3.61. The van der Waals surface area contributed by atoms with Crippen LogP contribution in [0.3, 0.4) is 0 Å². The Morgan fingerprint density at radius 1 is 1.35 bits per heavy atom. The lowest BCUT2D eigenvalue weighted by Gasteiger charge is -2.10. The summed E-state index contributed by atoms with van der Waals surface area (Å²) in [5.41, 5.74) is 4.37. The molecule has 2 N–H and O–H groups in total. The Bertz CT molecular complexity index is 422. The summed E-state index contributed by atoms with van der Waals surface area (Å²) in [6.45, 7) is 0.613. The molecule has 6 heteroatoms. The van der Waals surface area contributed by atoms with Crippen LogP contribution in [0.5, 0.6) is 0 Å². The molecule has 0 spiro atoms. The second-order valence-electron chi connectivity index (χ2n) is 3.79. The fourth-order valence-electron chi connectivity index (χ4n) is 1.12. The standard InChI is InChI=1S/C11H14F2N2O2/c1-15(2)3-4-17-11(16)7-5-9(13)10(14)6-8(7)12/h5-6H,3-4,14H2,1-2H3. The molecule has 0 aromatic heterocycles. The Hall–Kier alpha value is -1.69. The van der Waals surface area contributed by atoms with Crippen LogP contribution in [0.25, 0.3) is 0 Å². The number of halogens is 2. The molecule has 0 fully saturated rings. The van der Waals surface area contributed by atoms with Crippen LogP contribution in [-0.4, -0.2) is 38.1 Å². The highest BCUT2D eigenvalue weighted by atomic mass is 19.1. The largest absolute Gasteiger partial charge is 0.461 e. The van der Waals surface area contributed by atoms with Crippen molar-refractivity contribution in [3.63, 3.8) is 0 Å². The lowest BCUT2D eigenvalue weighted by atomic mass is 10.2. The number of carbonyl (C=O) groups is 1. The molecule has 1 aromatic rings. The summed E-state index contributed by atoms with van der Waals surface area (Å²) >= 11 is 0. The molecular weight excluding hydrogens is 230 g/mol. The Labute approximate surface area is 98.0 Å². The zero-order chi connectivity index (χ0) is 13.0. The Balaban J connectivity index is 2.72. The van der Waals surface area contributed by atoms with E-state index in [9.17, 15) is 13.6 Å². The second-order valence-corrected chi connectivity index (χ2v) is 3.79. The molecule has 94 valence electrons. The van der Waals surface area contributed by atoms with E-state index < -0.39 is 23.2 Å². The molecular formula is C11H14F2N2O2. The van der Waals surface area contributed by atoms with Crippen molar-refractivity contribution in [2.75, 3.05) is 33.0 Å². The smallest absolute Gasteiger partial charge is 0.341 e. The summed E-state index contributed by atoms with van der Waals surface area (Å²) < 4.78 is 31.2. The monoisotopic (exact) mass is 244 g/mol. The SMILES string of the molecule is CN(C)CCOC(=O)c1cc(F)c(N)cc1F. The van der Waals surface area contributed by atoms with Gasteiger partial charge in [-0.05, 0) is 20.2 Å². The molecule has 0 bridgehead atoms. The number of rotatable bonds is 4. The van der Waals surface area contributed by atoms with Crippen molar-refractivity contribution in [3.8, 4) is 0 Å². The first-order valence-corrected chi connectivity index (χ1v) is 4.98. The van der Waals surface area contributed by atoms with Crippen LogP contribution in [-0.2, 0) is 4.74 Å². The summed E-state index contributed by atoms with van der Waals surface area (Å²) in [4.78, 5) is 13.2. The number of hydrogen-bond donors (Lipinski definition) is 1. The van der Waals surface area contributed by atoms with Gasteiger partial charge in [0.25, 0.3) is 0 Å². The average molecular weight is 244 g/mol. The van der Waals surface area contributed by atoms with E-state index in [1.54, 1.807) is 19.0 Å². The van der Waals surface area contributed by atoms with Crippen LogP contribution in [0.1, 0.15) is 10.4 Å². The molecule has 0 unspecified atom stereocenters. The highest BCUT2D eigenvalue weighted by Gasteiger charge is 2.16. The lowest BCUT2D eigenvalue weighted by Crippen LogP contribution is -2.20. The van der Waals surface area contributed by atoms with Gasteiger partial charge in [-0.3, -0.25) is 0 Å². The Morgan fingerprint density at radius 2 is 2.00 bits per heavy atom. The van der Waals surface area contributed by atoms with Gasteiger partial charge >= 0.3 is 5.97 Å². The van der Waals surface area contributed by atoms with E-state index in [0.29, 0.717) is 6.54 Å². The number of esters is 1. The van der Waals surface area contributed by atoms with Gasteiger partial charge in [0.1, 0.15) is 18.2 Å². The molecule has 1 rings (SSSR count). The van der Waals surface area contributed by atoms with Gasteiger partial charge in [-0.25, -0.2) is 13.6 Å². The van der Waals surface area contributed by atoms with Gasteiger partial charge in [-0.1, -0.05) is 0 Å². The van der Waals surface area contributed by atoms with Crippen molar-refractivity contribution in [3.05, 3.63) is 29.3 Å². The van der Waals surface area contributed by atoms with E-state index >= 15 is 0 Å². The predicted molar refractivity (Wildman–Crippen MR) is 59.6 cm³/mol. The van der Waals surface area contributed by atoms with Gasteiger partial charge in [0, 0.05) is 12.6 Å². The molecule has 0 atom stereocenters. The van der Waals surface area contributed by atoms with Crippen LogP contribution in [0.15, 0.2) is 12.1 Å². The number of carbonyl (C=O) groups excluding carboxylic acids is 1. The topological polar surface area (TPSA) is 55.6 Å². The zero-order valence-corrected chi connectivity index (χ0v) is 9.67. The van der Waals surface area contributed by atoms with Gasteiger partial charge in [-0.15, -0.1) is 0 Å². The Morgan fingerprint density at radius 3 is 2.59 bits per heavy atom. The summed E-state index contributed by atoms with van der Waals surface area (Å²) in [6, 6.07) is 1.50. The minimum atomic E-state index is -0.900. The number of nitrogens with two attached hydrogens (primary N) is 1. The van der Waals surface area contributed by atoms with Crippen molar-refractivity contribution in [1.82, 2.24) is 4.90 Å². The highest BCUT2D eigenvalue weighted by Crippen LogP contribution is 2.17. The van der Waals surface area contributed by atoms with Crippen LogP contribution in [0.4, 0.5) is 14.5 Å². The third-order valence-electron chi connectivity index (χ3n) is 2.08. The summed E-state index contributed by atoms with van der Waals surface area (Å²) in [5.74, 6) is -2.63. The molecule has 0 amide bonds. The van der Waals surface area contributed by atoms with E-state index in [4.69, 9.17) is 10.5 Å². The lowest BCUT2D eigenvalue weighted by molar-refractivity contribution is 0.0476. The molecule has 0 radical (unpaired) electrons. The number of likely N-dealkylation sites (N-methyl/N-ethyl adjacent to an activating group) is 1. The predicted octanol–water partition coefficient (Wildman–Crippen LogP) is 1.27. The fourth-order valence-corrected chi connectivity index (χ4v) is 1.12. The van der Waals surface area contributed by atoms with E-state index in [0.717, 1.165) is 12.1 Å². The Kier molecular flexibility index (Phi) is 4.39. The number of benzene rings is 1. The first-order valence-electron chi connectivity index (χ1n) is 4.98. The van der Waals surface area contributed by atoms with Crippen molar-refractivity contribution in [1.29, 1.82) is 0 Å². The number of ether oxygens (including phenoxy) is 1. The first kappa shape index (κ1) is 13.4. The number of hydrogen-bond acceptors (Lipinski definition) is 4. The van der Waals surface area contributed by atoms with E-state index in [1.165, 1.54) is 0 Å². The summed E-state index contributed by atoms with van der Waals surface area (Å²) in [5, 5.41) is 0. The minimum Gasteiger partial charge on any atom is -0.461 e. The van der Waals surface area contributed by atoms with Gasteiger partial charge in [0.05, 0.1) is 11.3 Å². The van der Waals surface area contributed by atoms with Crippen LogP contribution < -0.4 is 5.73 Å². The van der Waals surface area contributed by atoms with Crippen molar-refractivity contribution < 1.29 is 18.3 Å². The molecule has 0 saturated carbocycles. The van der Waals surface area contributed by atoms with Crippen LogP contribution >= 0.6 is 0 Å². The van der Waals surface area contributed by atoms with Gasteiger partial charge in [0.2, 0.25) is 0 Å². The van der Waals surface area contributed by atoms with Crippen molar-refractivity contribution in [2.45, 2.75) is 0 Å². The van der Waals surface area contributed by atoms with Gasteiger partial charge < -0.3 is 15.4 Å². The van der Waals surface area contributed by atoms with Crippen LogP contribution in [0.2, 0.25) is 0 Å². The number of nitrogen functional groups attached to an aromatic ring is 1. The maximum Gasteiger partial charge on any atom is 0.341 e. The molecule has 0 aliphatic heterocycles. The molecule has 17 heavy (non-hydrogen) atoms. The third kappa shape index (κ3) is 3.67. The molecule has 1 aromatic carbocycles. The minimum absolute atomic E-state index is 0.108. The average Bonchev–Trinajstić information content (AvgIpc) is 2.22. The van der Waals surface area contributed by atoms with Gasteiger partial charge in [-0.2, -0.15) is 0 Å². The third-order valence-corrected chi connectivity index (χ3v) is 2.08. The molecule has 0 heterocycles. The quantitative estimate of drug-likeness (QED) is 0.640. The highest BCUT2D eigenvalue weighted by molar-refractivity contribution is 5.90. The maximum atomic E-state index is 13.3. The summed E-state index contributed by atoms with van der Waals surface area (Å²) in [6.07, 6.45) is 0. The second kappa shape index (κ2) is 5.58. The molecule has 0 saturated heterocycles. The zero-order valence-electron chi connectivity index (χ0n) is 9.67.